The van der Waals surface area contributed by atoms with Crippen molar-refractivity contribution in [2.75, 3.05) is 17.3 Å². The molecule has 0 spiro atoms. The molecule has 0 aliphatic heterocycles. The van der Waals surface area contributed by atoms with Gasteiger partial charge in [0.2, 0.25) is 5.91 Å². The molecular formula is C16H25N3O2S. The molecule has 0 aromatic heterocycles. The molecule has 6 heteroatoms. The van der Waals surface area contributed by atoms with Crippen LogP contribution in [0.1, 0.15) is 36.2 Å². The van der Waals surface area contributed by atoms with Crippen LogP contribution in [-0.4, -0.2) is 35.9 Å². The van der Waals surface area contributed by atoms with Crippen LogP contribution in [0.15, 0.2) is 18.2 Å². The van der Waals surface area contributed by atoms with Crippen LogP contribution in [0.4, 0.5) is 5.69 Å². The minimum absolute atomic E-state index is 0.0619. The summed E-state index contributed by atoms with van der Waals surface area (Å²) < 4.78 is 0. The zero-order valence-electron chi connectivity index (χ0n) is 13.6. The summed E-state index contributed by atoms with van der Waals surface area (Å²) in [7, 11) is 0. The second-order valence-electron chi connectivity index (χ2n) is 5.54. The van der Waals surface area contributed by atoms with Crippen LogP contribution in [0.25, 0.3) is 0 Å². The van der Waals surface area contributed by atoms with Gasteiger partial charge in [-0.15, -0.1) is 0 Å². The monoisotopic (exact) mass is 323 g/mol. The number of nitrogens with two attached hydrogens (primary N) is 1. The SMILES string of the molecule is CSCC[C@H](N)C(=O)Nc1cc(C(=O)NC(C)C)ccc1C. The van der Waals surface area contributed by atoms with Gasteiger partial charge in [0, 0.05) is 17.3 Å². The quantitative estimate of drug-likeness (QED) is 0.718. The summed E-state index contributed by atoms with van der Waals surface area (Å²) in [6, 6.07) is 4.77. The van der Waals surface area contributed by atoms with Gasteiger partial charge in [0.05, 0.1) is 6.04 Å². The summed E-state index contributed by atoms with van der Waals surface area (Å²) in [5.74, 6) is 0.459. The van der Waals surface area contributed by atoms with Gasteiger partial charge in [0.15, 0.2) is 0 Å². The van der Waals surface area contributed by atoms with E-state index in [4.69, 9.17) is 5.73 Å². The molecule has 0 fully saturated rings. The van der Waals surface area contributed by atoms with E-state index in [1.54, 1.807) is 23.9 Å². The van der Waals surface area contributed by atoms with Gasteiger partial charge in [-0.05, 0) is 56.9 Å². The van der Waals surface area contributed by atoms with Gasteiger partial charge in [-0.2, -0.15) is 11.8 Å². The number of rotatable bonds is 7. The van der Waals surface area contributed by atoms with E-state index in [1.165, 1.54) is 0 Å². The van der Waals surface area contributed by atoms with Gasteiger partial charge in [0.25, 0.3) is 5.91 Å². The van der Waals surface area contributed by atoms with Crippen molar-refractivity contribution in [3.63, 3.8) is 0 Å². The predicted octanol–water partition coefficient (Wildman–Crippen LogP) is 2.15. The lowest BCUT2D eigenvalue weighted by Crippen LogP contribution is -2.36. The third kappa shape index (κ3) is 5.69. The summed E-state index contributed by atoms with van der Waals surface area (Å²) in [6.07, 6.45) is 2.60. The standard InChI is InChI=1S/C16H25N3O2S/c1-10(2)18-15(20)12-6-5-11(3)14(9-12)19-16(21)13(17)7-8-22-4/h5-6,9-10,13H,7-8,17H2,1-4H3,(H,18,20)(H,19,21)/t13-/m0/s1. The fourth-order valence-electron chi connectivity index (χ4n) is 1.84. The molecule has 22 heavy (non-hydrogen) atoms. The van der Waals surface area contributed by atoms with E-state index in [0.717, 1.165) is 11.3 Å². The summed E-state index contributed by atoms with van der Waals surface area (Å²) in [5.41, 5.74) is 7.90. The summed E-state index contributed by atoms with van der Waals surface area (Å²) in [5, 5.41) is 5.64. The van der Waals surface area contributed by atoms with Gasteiger partial charge in [-0.1, -0.05) is 6.07 Å². The van der Waals surface area contributed by atoms with Crippen molar-refractivity contribution in [3.8, 4) is 0 Å². The average Bonchev–Trinajstić information content (AvgIpc) is 2.46. The first-order chi connectivity index (χ1) is 10.3. The number of nitrogens with one attached hydrogen (secondary N) is 2. The van der Waals surface area contributed by atoms with Gasteiger partial charge in [-0.3, -0.25) is 9.59 Å². The van der Waals surface area contributed by atoms with Crippen molar-refractivity contribution < 1.29 is 9.59 Å². The number of anilines is 1. The molecule has 0 radical (unpaired) electrons. The van der Waals surface area contributed by atoms with Crippen LogP contribution in [0.3, 0.4) is 0 Å². The smallest absolute Gasteiger partial charge is 0.251 e. The van der Waals surface area contributed by atoms with E-state index < -0.39 is 6.04 Å². The molecule has 0 saturated carbocycles. The molecule has 122 valence electrons. The molecule has 0 unspecified atom stereocenters. The maximum Gasteiger partial charge on any atom is 0.251 e. The van der Waals surface area contributed by atoms with Crippen LogP contribution in [0, 0.1) is 6.92 Å². The van der Waals surface area contributed by atoms with Crippen molar-refractivity contribution >= 4 is 29.3 Å². The number of benzene rings is 1. The summed E-state index contributed by atoms with van der Waals surface area (Å²) >= 11 is 1.66. The van der Waals surface area contributed by atoms with E-state index in [-0.39, 0.29) is 17.9 Å². The molecule has 1 aromatic rings. The number of aryl methyl sites for hydroxylation is 1. The highest BCUT2D eigenvalue weighted by Crippen LogP contribution is 2.17. The van der Waals surface area contributed by atoms with E-state index in [9.17, 15) is 9.59 Å². The van der Waals surface area contributed by atoms with Gasteiger partial charge < -0.3 is 16.4 Å². The molecule has 0 bridgehead atoms. The molecule has 1 atom stereocenters. The van der Waals surface area contributed by atoms with Gasteiger partial charge in [0.1, 0.15) is 0 Å². The number of carbonyl (C=O) groups is 2. The van der Waals surface area contributed by atoms with Crippen molar-refractivity contribution in [1.82, 2.24) is 5.32 Å². The fourth-order valence-corrected chi connectivity index (χ4v) is 2.33. The Morgan fingerprint density at radius 1 is 1.32 bits per heavy atom. The Hall–Kier alpha value is -1.53. The maximum atomic E-state index is 12.1. The number of thioether (sulfide) groups is 1. The first kappa shape index (κ1) is 18.5. The zero-order valence-corrected chi connectivity index (χ0v) is 14.4. The number of carbonyl (C=O) groups excluding carboxylic acids is 2. The van der Waals surface area contributed by atoms with E-state index in [2.05, 4.69) is 10.6 Å². The molecule has 0 saturated heterocycles. The van der Waals surface area contributed by atoms with Crippen LogP contribution < -0.4 is 16.4 Å². The van der Waals surface area contributed by atoms with Crippen molar-refractivity contribution in [2.24, 2.45) is 5.73 Å². The lowest BCUT2D eigenvalue weighted by molar-refractivity contribution is -0.117. The Bertz CT molecular complexity index is 532. The molecular weight excluding hydrogens is 298 g/mol. The third-order valence-corrected chi connectivity index (χ3v) is 3.79. The Balaban J connectivity index is 2.82. The highest BCUT2D eigenvalue weighted by atomic mass is 32.2. The molecule has 0 aliphatic carbocycles. The van der Waals surface area contributed by atoms with Crippen LogP contribution in [-0.2, 0) is 4.79 Å². The minimum Gasteiger partial charge on any atom is -0.350 e. The lowest BCUT2D eigenvalue weighted by Gasteiger charge is -2.15. The molecule has 4 N–H and O–H groups in total. The number of amides is 2. The van der Waals surface area contributed by atoms with E-state index in [1.807, 2.05) is 33.1 Å². The van der Waals surface area contributed by atoms with Gasteiger partial charge in [-0.25, -0.2) is 0 Å². The summed E-state index contributed by atoms with van der Waals surface area (Å²) in [6.45, 7) is 5.69. The first-order valence-corrected chi connectivity index (χ1v) is 8.71. The minimum atomic E-state index is -0.542. The summed E-state index contributed by atoms with van der Waals surface area (Å²) in [4.78, 5) is 24.1. The zero-order chi connectivity index (χ0) is 16.7. The molecule has 5 nitrogen and oxygen atoms in total. The molecule has 2 amide bonds. The Morgan fingerprint density at radius 2 is 2.00 bits per heavy atom. The maximum absolute atomic E-state index is 12.1. The topological polar surface area (TPSA) is 84.2 Å². The highest BCUT2D eigenvalue weighted by molar-refractivity contribution is 7.98. The lowest BCUT2D eigenvalue weighted by atomic mass is 10.1. The molecule has 1 rings (SSSR count). The van der Waals surface area contributed by atoms with E-state index in [0.29, 0.717) is 17.7 Å². The fraction of sp³-hybridized carbons (Fsp3) is 0.500. The Morgan fingerprint density at radius 3 is 2.59 bits per heavy atom. The van der Waals surface area contributed by atoms with E-state index >= 15 is 0 Å². The second kappa shape index (κ2) is 8.80. The number of hydrogen-bond donors (Lipinski definition) is 3. The highest BCUT2D eigenvalue weighted by Gasteiger charge is 2.15. The largest absolute Gasteiger partial charge is 0.350 e. The normalized spacial score (nSPS) is 12.1. The molecule has 0 aliphatic rings. The Kier molecular flexibility index (Phi) is 7.41. The third-order valence-electron chi connectivity index (χ3n) is 3.15. The average molecular weight is 323 g/mol. The van der Waals surface area contributed by atoms with Crippen molar-refractivity contribution in [2.45, 2.75) is 39.3 Å². The van der Waals surface area contributed by atoms with Crippen LogP contribution in [0.2, 0.25) is 0 Å². The van der Waals surface area contributed by atoms with Crippen molar-refractivity contribution in [3.05, 3.63) is 29.3 Å². The molecule has 1 aromatic carbocycles. The van der Waals surface area contributed by atoms with Gasteiger partial charge >= 0.3 is 0 Å². The molecule has 0 heterocycles. The Labute approximate surface area is 136 Å². The van der Waals surface area contributed by atoms with Crippen LogP contribution in [0.5, 0.6) is 0 Å². The first-order valence-electron chi connectivity index (χ1n) is 7.32. The van der Waals surface area contributed by atoms with Crippen molar-refractivity contribution in [1.29, 1.82) is 0 Å². The predicted molar refractivity (Wildman–Crippen MR) is 93.4 cm³/mol. The number of hydrogen-bond acceptors (Lipinski definition) is 4. The second-order valence-corrected chi connectivity index (χ2v) is 6.52. The van der Waals surface area contributed by atoms with Crippen LogP contribution >= 0.6 is 11.8 Å².